The molecule has 0 aliphatic carbocycles. The number of hydrogen-bond donors (Lipinski definition) is 1. The fourth-order valence-electron chi connectivity index (χ4n) is 1.93. The van der Waals surface area contributed by atoms with Gasteiger partial charge in [0.15, 0.2) is 0 Å². The molecule has 0 fully saturated rings. The molecule has 1 heterocycles. The van der Waals surface area contributed by atoms with E-state index >= 15 is 0 Å². The van der Waals surface area contributed by atoms with Crippen LogP contribution in [0.4, 0.5) is 5.69 Å². The third kappa shape index (κ3) is 2.83. The zero-order chi connectivity index (χ0) is 12.9. The number of nitrogens with zero attached hydrogens (tertiary/aromatic N) is 2. The SMILES string of the molecule is c1ccc(NCc2ccn(-c3ccccc3)n2)cc1. The molecule has 0 spiro atoms. The van der Waals surface area contributed by atoms with E-state index in [9.17, 15) is 0 Å². The van der Waals surface area contributed by atoms with Crippen LogP contribution in [0.2, 0.25) is 0 Å². The molecule has 3 rings (SSSR count). The first-order valence-electron chi connectivity index (χ1n) is 6.31. The molecule has 0 bridgehead atoms. The summed E-state index contributed by atoms with van der Waals surface area (Å²) in [7, 11) is 0. The van der Waals surface area contributed by atoms with Gasteiger partial charge >= 0.3 is 0 Å². The van der Waals surface area contributed by atoms with Crippen molar-refractivity contribution in [1.29, 1.82) is 0 Å². The van der Waals surface area contributed by atoms with Gasteiger partial charge in [-0.25, -0.2) is 4.68 Å². The van der Waals surface area contributed by atoms with Gasteiger partial charge < -0.3 is 5.32 Å². The average molecular weight is 249 g/mol. The molecule has 3 aromatic rings. The van der Waals surface area contributed by atoms with Crippen molar-refractivity contribution in [3.05, 3.63) is 78.6 Å². The largest absolute Gasteiger partial charge is 0.379 e. The lowest BCUT2D eigenvalue weighted by atomic mass is 10.3. The monoisotopic (exact) mass is 249 g/mol. The van der Waals surface area contributed by atoms with Crippen LogP contribution in [-0.4, -0.2) is 9.78 Å². The Hall–Kier alpha value is -2.55. The second-order valence-electron chi connectivity index (χ2n) is 4.31. The third-order valence-corrected chi connectivity index (χ3v) is 2.91. The minimum atomic E-state index is 0.726. The molecule has 0 saturated carbocycles. The normalized spacial score (nSPS) is 10.3. The number of benzene rings is 2. The molecule has 0 radical (unpaired) electrons. The summed E-state index contributed by atoms with van der Waals surface area (Å²) in [5.41, 5.74) is 3.21. The molecular formula is C16H15N3. The lowest BCUT2D eigenvalue weighted by Crippen LogP contribution is -2.01. The number of anilines is 1. The maximum absolute atomic E-state index is 4.55. The van der Waals surface area contributed by atoms with E-state index in [0.717, 1.165) is 23.6 Å². The van der Waals surface area contributed by atoms with Crippen molar-refractivity contribution in [1.82, 2.24) is 9.78 Å². The van der Waals surface area contributed by atoms with Crippen molar-refractivity contribution in [3.8, 4) is 5.69 Å². The number of rotatable bonds is 4. The van der Waals surface area contributed by atoms with Crippen LogP contribution < -0.4 is 5.32 Å². The Morgan fingerprint density at radius 3 is 2.26 bits per heavy atom. The summed E-state index contributed by atoms with van der Waals surface area (Å²) < 4.78 is 1.89. The smallest absolute Gasteiger partial charge is 0.0819 e. The predicted octanol–water partition coefficient (Wildman–Crippen LogP) is 3.48. The molecule has 0 unspecified atom stereocenters. The Bertz CT molecular complexity index is 629. The molecule has 1 N–H and O–H groups in total. The number of aromatic nitrogens is 2. The van der Waals surface area contributed by atoms with Crippen molar-refractivity contribution < 1.29 is 0 Å². The van der Waals surface area contributed by atoms with Gasteiger partial charge in [-0.05, 0) is 30.3 Å². The summed E-state index contributed by atoms with van der Waals surface area (Å²) >= 11 is 0. The highest BCUT2D eigenvalue weighted by Gasteiger charge is 2.00. The molecule has 3 nitrogen and oxygen atoms in total. The van der Waals surface area contributed by atoms with Crippen molar-refractivity contribution in [2.24, 2.45) is 0 Å². The van der Waals surface area contributed by atoms with Gasteiger partial charge in [-0.15, -0.1) is 0 Å². The molecule has 2 aromatic carbocycles. The summed E-state index contributed by atoms with van der Waals surface area (Å²) in [6.07, 6.45) is 1.98. The summed E-state index contributed by atoms with van der Waals surface area (Å²) in [6.45, 7) is 0.726. The molecular weight excluding hydrogens is 234 g/mol. The predicted molar refractivity (Wildman–Crippen MR) is 77.3 cm³/mol. The van der Waals surface area contributed by atoms with Crippen LogP contribution >= 0.6 is 0 Å². The topological polar surface area (TPSA) is 29.9 Å². The van der Waals surface area contributed by atoms with Gasteiger partial charge in [-0.1, -0.05) is 36.4 Å². The van der Waals surface area contributed by atoms with E-state index < -0.39 is 0 Å². The maximum atomic E-state index is 4.55. The van der Waals surface area contributed by atoms with Gasteiger partial charge in [0, 0.05) is 11.9 Å². The summed E-state index contributed by atoms with van der Waals surface area (Å²) in [5, 5.41) is 7.90. The zero-order valence-electron chi connectivity index (χ0n) is 10.5. The highest BCUT2D eigenvalue weighted by Crippen LogP contribution is 2.09. The first-order chi connectivity index (χ1) is 9.42. The lowest BCUT2D eigenvalue weighted by molar-refractivity contribution is 0.844. The number of nitrogens with one attached hydrogen (secondary N) is 1. The second-order valence-corrected chi connectivity index (χ2v) is 4.31. The van der Waals surface area contributed by atoms with Gasteiger partial charge in [0.25, 0.3) is 0 Å². The summed E-state index contributed by atoms with van der Waals surface area (Å²) in [5.74, 6) is 0. The van der Waals surface area contributed by atoms with Gasteiger partial charge in [-0.2, -0.15) is 5.10 Å². The minimum Gasteiger partial charge on any atom is -0.379 e. The Balaban J connectivity index is 1.69. The molecule has 19 heavy (non-hydrogen) atoms. The van der Waals surface area contributed by atoms with E-state index in [1.165, 1.54) is 0 Å². The Morgan fingerprint density at radius 2 is 1.53 bits per heavy atom. The van der Waals surface area contributed by atoms with Crippen LogP contribution in [0, 0.1) is 0 Å². The highest BCUT2D eigenvalue weighted by molar-refractivity contribution is 5.42. The van der Waals surface area contributed by atoms with Crippen LogP contribution in [0.25, 0.3) is 5.69 Å². The van der Waals surface area contributed by atoms with E-state index in [2.05, 4.69) is 10.4 Å². The van der Waals surface area contributed by atoms with Crippen LogP contribution in [-0.2, 0) is 6.54 Å². The molecule has 94 valence electrons. The Morgan fingerprint density at radius 1 is 0.842 bits per heavy atom. The van der Waals surface area contributed by atoms with Gasteiger partial charge in [0.05, 0.1) is 17.9 Å². The van der Waals surface area contributed by atoms with E-state index in [4.69, 9.17) is 0 Å². The first kappa shape index (κ1) is 11.5. The van der Waals surface area contributed by atoms with Crippen molar-refractivity contribution in [2.75, 3.05) is 5.32 Å². The molecule has 0 amide bonds. The summed E-state index contributed by atoms with van der Waals surface area (Å²) in [6, 6.07) is 22.3. The molecule has 0 atom stereocenters. The number of para-hydroxylation sites is 2. The van der Waals surface area contributed by atoms with Crippen LogP contribution in [0.3, 0.4) is 0 Å². The zero-order valence-corrected chi connectivity index (χ0v) is 10.5. The fraction of sp³-hybridized carbons (Fsp3) is 0.0625. The van der Waals surface area contributed by atoms with Crippen LogP contribution in [0.5, 0.6) is 0 Å². The molecule has 3 heteroatoms. The van der Waals surface area contributed by atoms with Crippen molar-refractivity contribution in [2.45, 2.75) is 6.54 Å². The van der Waals surface area contributed by atoms with Crippen LogP contribution in [0.1, 0.15) is 5.69 Å². The number of hydrogen-bond acceptors (Lipinski definition) is 2. The molecule has 0 saturated heterocycles. The third-order valence-electron chi connectivity index (χ3n) is 2.91. The van der Waals surface area contributed by atoms with Gasteiger partial charge in [0.1, 0.15) is 0 Å². The van der Waals surface area contributed by atoms with Crippen molar-refractivity contribution >= 4 is 5.69 Å². The van der Waals surface area contributed by atoms with E-state index in [1.807, 2.05) is 77.6 Å². The summed E-state index contributed by atoms with van der Waals surface area (Å²) in [4.78, 5) is 0. The Kier molecular flexibility index (Phi) is 3.28. The first-order valence-corrected chi connectivity index (χ1v) is 6.31. The van der Waals surface area contributed by atoms with E-state index in [1.54, 1.807) is 0 Å². The van der Waals surface area contributed by atoms with Gasteiger partial charge in [0.2, 0.25) is 0 Å². The van der Waals surface area contributed by atoms with Crippen LogP contribution in [0.15, 0.2) is 72.9 Å². The van der Waals surface area contributed by atoms with Gasteiger partial charge in [-0.3, -0.25) is 0 Å². The Labute approximate surface area is 112 Å². The second kappa shape index (κ2) is 5.40. The molecule has 0 aliphatic rings. The van der Waals surface area contributed by atoms with E-state index in [0.29, 0.717) is 0 Å². The standard InChI is InChI=1S/C16H15N3/c1-3-7-14(8-4-1)17-13-15-11-12-19(18-15)16-9-5-2-6-10-16/h1-12,17H,13H2. The molecule has 0 aliphatic heterocycles. The minimum absolute atomic E-state index is 0.726. The maximum Gasteiger partial charge on any atom is 0.0819 e. The lowest BCUT2D eigenvalue weighted by Gasteiger charge is -2.03. The average Bonchev–Trinajstić information content (AvgIpc) is 2.96. The quantitative estimate of drug-likeness (QED) is 0.767. The highest BCUT2D eigenvalue weighted by atomic mass is 15.3. The molecule has 1 aromatic heterocycles. The fourth-order valence-corrected chi connectivity index (χ4v) is 1.93. The van der Waals surface area contributed by atoms with Crippen molar-refractivity contribution in [3.63, 3.8) is 0 Å². The van der Waals surface area contributed by atoms with E-state index in [-0.39, 0.29) is 0 Å².